The molecular formula is C16H17NO2. The molecule has 3 nitrogen and oxygen atoms in total. The summed E-state index contributed by atoms with van der Waals surface area (Å²) in [7, 11) is 1.53. The molecule has 0 amide bonds. The molecule has 0 unspecified atom stereocenters. The SMILES string of the molecule is COc1cccc(C=Nc2ccc(C)cc2C)c1O. The summed E-state index contributed by atoms with van der Waals surface area (Å²) in [6, 6.07) is 11.4. The zero-order chi connectivity index (χ0) is 13.8. The lowest BCUT2D eigenvalue weighted by molar-refractivity contribution is 0.373. The van der Waals surface area contributed by atoms with E-state index < -0.39 is 0 Å². The van der Waals surface area contributed by atoms with E-state index in [1.54, 1.807) is 18.3 Å². The van der Waals surface area contributed by atoms with E-state index in [2.05, 4.69) is 11.1 Å². The van der Waals surface area contributed by atoms with Crippen molar-refractivity contribution in [1.29, 1.82) is 0 Å². The molecule has 0 fully saturated rings. The smallest absolute Gasteiger partial charge is 0.166 e. The number of rotatable bonds is 3. The summed E-state index contributed by atoms with van der Waals surface area (Å²) >= 11 is 0. The van der Waals surface area contributed by atoms with Crippen LogP contribution in [0.1, 0.15) is 16.7 Å². The molecule has 2 aromatic carbocycles. The minimum Gasteiger partial charge on any atom is -0.504 e. The number of nitrogens with zero attached hydrogens (tertiary/aromatic N) is 1. The van der Waals surface area contributed by atoms with Crippen molar-refractivity contribution in [3.05, 3.63) is 53.1 Å². The first-order valence-electron chi connectivity index (χ1n) is 6.09. The number of aryl methyl sites for hydroxylation is 2. The number of hydrogen-bond acceptors (Lipinski definition) is 3. The van der Waals surface area contributed by atoms with E-state index in [0.717, 1.165) is 11.3 Å². The van der Waals surface area contributed by atoms with E-state index in [9.17, 15) is 5.11 Å². The van der Waals surface area contributed by atoms with Gasteiger partial charge in [-0.3, -0.25) is 4.99 Å². The third-order valence-electron chi connectivity index (χ3n) is 2.95. The Bertz CT molecular complexity index is 618. The Labute approximate surface area is 113 Å². The summed E-state index contributed by atoms with van der Waals surface area (Å²) in [5.41, 5.74) is 3.85. The summed E-state index contributed by atoms with van der Waals surface area (Å²) in [5.74, 6) is 0.558. The molecule has 0 saturated heterocycles. The number of hydrogen-bond donors (Lipinski definition) is 1. The number of benzene rings is 2. The van der Waals surface area contributed by atoms with Gasteiger partial charge in [0.1, 0.15) is 0 Å². The van der Waals surface area contributed by atoms with Gasteiger partial charge in [0.2, 0.25) is 0 Å². The van der Waals surface area contributed by atoms with E-state index >= 15 is 0 Å². The Morgan fingerprint density at radius 3 is 2.63 bits per heavy atom. The standard InChI is InChI=1S/C16H17NO2/c1-11-7-8-14(12(2)9-11)17-10-13-5-4-6-15(19-3)16(13)18/h4-10,18H,1-3H3. The van der Waals surface area contributed by atoms with Crippen LogP contribution in [-0.2, 0) is 0 Å². The third kappa shape index (κ3) is 2.94. The van der Waals surface area contributed by atoms with Gasteiger partial charge in [0.05, 0.1) is 12.8 Å². The van der Waals surface area contributed by atoms with Gasteiger partial charge in [-0.1, -0.05) is 23.8 Å². The van der Waals surface area contributed by atoms with Crippen LogP contribution in [0.15, 0.2) is 41.4 Å². The van der Waals surface area contributed by atoms with Gasteiger partial charge in [0.25, 0.3) is 0 Å². The van der Waals surface area contributed by atoms with Crippen LogP contribution < -0.4 is 4.74 Å². The largest absolute Gasteiger partial charge is 0.504 e. The predicted molar refractivity (Wildman–Crippen MR) is 77.8 cm³/mol. The molecule has 98 valence electrons. The molecule has 0 spiro atoms. The lowest BCUT2D eigenvalue weighted by Crippen LogP contribution is -1.88. The first-order chi connectivity index (χ1) is 9.11. The lowest BCUT2D eigenvalue weighted by atomic mass is 10.1. The maximum Gasteiger partial charge on any atom is 0.166 e. The van der Waals surface area contributed by atoms with Crippen molar-refractivity contribution in [2.24, 2.45) is 4.99 Å². The second kappa shape index (κ2) is 5.57. The molecule has 0 atom stereocenters. The summed E-state index contributed by atoms with van der Waals surface area (Å²) in [6.07, 6.45) is 1.65. The Balaban J connectivity index is 2.32. The Morgan fingerprint density at radius 2 is 1.95 bits per heavy atom. The monoisotopic (exact) mass is 255 g/mol. The van der Waals surface area contributed by atoms with Gasteiger partial charge in [-0.2, -0.15) is 0 Å². The van der Waals surface area contributed by atoms with Crippen LogP contribution in [0.25, 0.3) is 0 Å². The average molecular weight is 255 g/mol. The number of ether oxygens (including phenoxy) is 1. The molecule has 0 aliphatic heterocycles. The first kappa shape index (κ1) is 13.1. The van der Waals surface area contributed by atoms with Crippen molar-refractivity contribution in [2.45, 2.75) is 13.8 Å². The normalized spacial score (nSPS) is 10.9. The van der Waals surface area contributed by atoms with Crippen LogP contribution in [0.2, 0.25) is 0 Å². The van der Waals surface area contributed by atoms with Gasteiger partial charge in [0.15, 0.2) is 11.5 Å². The van der Waals surface area contributed by atoms with Gasteiger partial charge in [-0.15, -0.1) is 0 Å². The topological polar surface area (TPSA) is 41.8 Å². The zero-order valence-corrected chi connectivity index (χ0v) is 11.3. The van der Waals surface area contributed by atoms with Crippen LogP contribution in [0.3, 0.4) is 0 Å². The van der Waals surface area contributed by atoms with Crippen molar-refractivity contribution in [1.82, 2.24) is 0 Å². The van der Waals surface area contributed by atoms with Crippen LogP contribution in [-0.4, -0.2) is 18.4 Å². The Hall–Kier alpha value is -2.29. The van der Waals surface area contributed by atoms with Crippen molar-refractivity contribution in [3.8, 4) is 11.5 Å². The summed E-state index contributed by atoms with van der Waals surface area (Å²) in [6.45, 7) is 4.07. The van der Waals surface area contributed by atoms with Crippen molar-refractivity contribution >= 4 is 11.9 Å². The fourth-order valence-electron chi connectivity index (χ4n) is 1.90. The van der Waals surface area contributed by atoms with E-state index in [1.165, 1.54) is 12.7 Å². The van der Waals surface area contributed by atoms with E-state index in [0.29, 0.717) is 11.3 Å². The molecular weight excluding hydrogens is 238 g/mol. The summed E-state index contributed by atoms with van der Waals surface area (Å²) in [4.78, 5) is 4.41. The number of aromatic hydroxyl groups is 1. The van der Waals surface area contributed by atoms with Crippen molar-refractivity contribution in [2.75, 3.05) is 7.11 Å². The number of para-hydroxylation sites is 1. The molecule has 0 aliphatic rings. The molecule has 0 aromatic heterocycles. The highest BCUT2D eigenvalue weighted by Crippen LogP contribution is 2.28. The van der Waals surface area contributed by atoms with Crippen molar-refractivity contribution < 1.29 is 9.84 Å². The number of phenols is 1. The maximum absolute atomic E-state index is 9.96. The van der Waals surface area contributed by atoms with Gasteiger partial charge in [-0.05, 0) is 37.6 Å². The van der Waals surface area contributed by atoms with E-state index in [-0.39, 0.29) is 5.75 Å². The highest BCUT2D eigenvalue weighted by molar-refractivity contribution is 5.86. The Kier molecular flexibility index (Phi) is 3.85. The quantitative estimate of drug-likeness (QED) is 0.848. The summed E-state index contributed by atoms with van der Waals surface area (Å²) in [5, 5.41) is 9.96. The molecule has 1 N–H and O–H groups in total. The molecule has 2 aromatic rings. The van der Waals surface area contributed by atoms with Crippen molar-refractivity contribution in [3.63, 3.8) is 0 Å². The molecule has 0 aliphatic carbocycles. The number of aliphatic imine (C=N–C) groups is 1. The third-order valence-corrected chi connectivity index (χ3v) is 2.95. The van der Waals surface area contributed by atoms with Crippen LogP contribution in [0.5, 0.6) is 11.5 Å². The molecule has 0 bridgehead atoms. The molecule has 0 heterocycles. The fraction of sp³-hybridized carbons (Fsp3) is 0.188. The highest BCUT2D eigenvalue weighted by Gasteiger charge is 2.05. The Morgan fingerprint density at radius 1 is 1.16 bits per heavy atom. The van der Waals surface area contributed by atoms with Gasteiger partial charge in [0, 0.05) is 11.8 Å². The van der Waals surface area contributed by atoms with Crippen LogP contribution in [0, 0.1) is 13.8 Å². The zero-order valence-electron chi connectivity index (χ0n) is 11.3. The minimum atomic E-state index is 0.110. The minimum absolute atomic E-state index is 0.110. The van der Waals surface area contributed by atoms with E-state index in [1.807, 2.05) is 32.0 Å². The molecule has 2 rings (SSSR count). The second-order valence-corrected chi connectivity index (χ2v) is 4.45. The average Bonchev–Trinajstić information content (AvgIpc) is 2.39. The predicted octanol–water partition coefficient (Wildman–Crippen LogP) is 3.77. The maximum atomic E-state index is 9.96. The molecule has 3 heteroatoms. The number of methoxy groups -OCH3 is 1. The van der Waals surface area contributed by atoms with Gasteiger partial charge >= 0.3 is 0 Å². The molecule has 19 heavy (non-hydrogen) atoms. The van der Waals surface area contributed by atoms with E-state index in [4.69, 9.17) is 4.74 Å². The number of phenolic OH excluding ortho intramolecular Hbond substituents is 1. The van der Waals surface area contributed by atoms with Gasteiger partial charge < -0.3 is 9.84 Å². The lowest BCUT2D eigenvalue weighted by Gasteiger charge is -2.05. The highest BCUT2D eigenvalue weighted by atomic mass is 16.5. The molecule has 0 saturated carbocycles. The van der Waals surface area contributed by atoms with Crippen LogP contribution in [0.4, 0.5) is 5.69 Å². The fourth-order valence-corrected chi connectivity index (χ4v) is 1.90. The first-order valence-corrected chi connectivity index (χ1v) is 6.09. The van der Waals surface area contributed by atoms with Gasteiger partial charge in [-0.25, -0.2) is 0 Å². The second-order valence-electron chi connectivity index (χ2n) is 4.45. The van der Waals surface area contributed by atoms with Crippen LogP contribution >= 0.6 is 0 Å². The summed E-state index contributed by atoms with van der Waals surface area (Å²) < 4.78 is 5.07. The molecule has 0 radical (unpaired) electrons.